The smallest absolute Gasteiger partial charge is 0.0736 e. The lowest BCUT2D eigenvalue weighted by Crippen LogP contribution is -2.36. The molecule has 11 aromatic carbocycles. The SMILES string of the molecule is c1ccc2c(c1)Sc1ccc(N(c3ccc4c(c3)c3ccccc3n4-c3cccc4ccccc34)c3cccc4sc5ccccc5c34)cc1C21c2ccccc2-c2cccc3cccc1c23. The Kier molecular flexibility index (Phi) is 7.84. The highest BCUT2D eigenvalue weighted by Gasteiger charge is 2.48. The van der Waals surface area contributed by atoms with E-state index in [1.165, 1.54) is 118 Å². The standard InChI is InChI=1S/C63H38N2S2/c1-2-19-43-39(15-1)16-13-28-53(43)65-54-27-8-4-21-45(54)48-37-41(33-35-55(48)65)64(56-29-14-32-60-62(56)47-22-5-9-30-57(47)66-60)42-34-36-59-52(38-42)63(50-25-7-10-31-58(50)67-59)49-24-6-3-20-44(49)46-23-11-17-40-18-12-26-51(63)61(40)46/h1-38H. The Hall–Kier alpha value is -7.89. The quantitative estimate of drug-likeness (QED) is 0.174. The number of anilines is 3. The second-order valence-corrected chi connectivity index (χ2v) is 20.1. The Balaban J connectivity index is 1.04. The molecule has 1 spiro atoms. The van der Waals surface area contributed by atoms with Crippen LogP contribution in [0.4, 0.5) is 17.1 Å². The van der Waals surface area contributed by atoms with Crippen LogP contribution < -0.4 is 4.90 Å². The highest BCUT2D eigenvalue weighted by molar-refractivity contribution is 7.99. The Morgan fingerprint density at radius 3 is 1.94 bits per heavy atom. The average molecular weight is 887 g/mol. The van der Waals surface area contributed by atoms with Gasteiger partial charge in [0.2, 0.25) is 0 Å². The molecular formula is C63H38N2S2. The molecule has 2 aromatic heterocycles. The third-order valence-electron chi connectivity index (χ3n) is 14.6. The summed E-state index contributed by atoms with van der Waals surface area (Å²) < 4.78 is 5.03. The van der Waals surface area contributed by atoms with Gasteiger partial charge in [0.25, 0.3) is 0 Å². The summed E-state index contributed by atoms with van der Waals surface area (Å²) in [5, 5.41) is 10.1. The third-order valence-corrected chi connectivity index (χ3v) is 16.9. The van der Waals surface area contributed by atoms with Crippen molar-refractivity contribution in [1.82, 2.24) is 4.57 Å². The van der Waals surface area contributed by atoms with Gasteiger partial charge in [-0.15, -0.1) is 11.3 Å². The summed E-state index contributed by atoms with van der Waals surface area (Å²) >= 11 is 3.77. The molecule has 312 valence electrons. The van der Waals surface area contributed by atoms with E-state index in [1.54, 1.807) is 0 Å². The predicted octanol–water partition coefficient (Wildman–Crippen LogP) is 17.8. The van der Waals surface area contributed by atoms with Gasteiger partial charge in [0.15, 0.2) is 0 Å². The van der Waals surface area contributed by atoms with Crippen LogP contribution in [0.15, 0.2) is 240 Å². The van der Waals surface area contributed by atoms with E-state index in [2.05, 4.69) is 240 Å². The molecule has 2 nitrogen and oxygen atoms in total. The lowest BCUT2D eigenvalue weighted by Gasteiger charge is -2.46. The van der Waals surface area contributed by atoms with Crippen LogP contribution in [0.2, 0.25) is 0 Å². The number of thiophene rings is 1. The van der Waals surface area contributed by atoms with E-state index in [4.69, 9.17) is 0 Å². The fourth-order valence-corrected chi connectivity index (χ4v) is 14.2. The largest absolute Gasteiger partial charge is 0.310 e. The minimum Gasteiger partial charge on any atom is -0.310 e. The van der Waals surface area contributed by atoms with E-state index in [-0.39, 0.29) is 0 Å². The van der Waals surface area contributed by atoms with Crippen LogP contribution in [0, 0.1) is 0 Å². The molecule has 2 aliphatic rings. The van der Waals surface area contributed by atoms with Crippen LogP contribution in [0.25, 0.3) is 80.3 Å². The number of nitrogens with zero attached hydrogens (tertiary/aromatic N) is 2. The van der Waals surface area contributed by atoms with Crippen LogP contribution in [0.5, 0.6) is 0 Å². The van der Waals surface area contributed by atoms with Gasteiger partial charge in [0, 0.05) is 57.5 Å². The van der Waals surface area contributed by atoms with Crippen molar-refractivity contribution < 1.29 is 0 Å². The lowest BCUT2D eigenvalue weighted by molar-refractivity contribution is 0.707. The minimum atomic E-state index is -0.569. The second-order valence-electron chi connectivity index (χ2n) is 17.9. The van der Waals surface area contributed by atoms with Crippen molar-refractivity contribution in [3.63, 3.8) is 0 Å². The summed E-state index contributed by atoms with van der Waals surface area (Å²) in [6, 6.07) is 86.6. The fraction of sp³-hybridized carbons (Fsp3) is 0.0159. The van der Waals surface area contributed by atoms with Gasteiger partial charge in [-0.2, -0.15) is 0 Å². The van der Waals surface area contributed by atoms with Gasteiger partial charge in [0.05, 0.1) is 27.8 Å². The minimum absolute atomic E-state index is 0.569. The molecule has 0 amide bonds. The molecule has 0 saturated heterocycles. The summed E-state index contributed by atoms with van der Waals surface area (Å²) in [6.45, 7) is 0. The molecule has 1 atom stereocenters. The normalized spacial score (nSPS) is 14.9. The van der Waals surface area contributed by atoms with E-state index in [9.17, 15) is 0 Å². The van der Waals surface area contributed by atoms with Gasteiger partial charge in [-0.1, -0.05) is 169 Å². The number of para-hydroxylation sites is 1. The Labute approximate surface area is 395 Å². The number of benzene rings is 11. The Morgan fingerprint density at radius 2 is 1.00 bits per heavy atom. The van der Waals surface area contributed by atoms with Crippen LogP contribution in [0.3, 0.4) is 0 Å². The predicted molar refractivity (Wildman–Crippen MR) is 285 cm³/mol. The van der Waals surface area contributed by atoms with Crippen molar-refractivity contribution in [1.29, 1.82) is 0 Å². The highest BCUT2D eigenvalue weighted by Crippen LogP contribution is 2.62. The summed E-state index contributed by atoms with van der Waals surface area (Å²) in [5.41, 5.74) is 14.3. The Bertz CT molecular complexity index is 4220. The van der Waals surface area contributed by atoms with E-state index < -0.39 is 5.41 Å². The summed E-state index contributed by atoms with van der Waals surface area (Å²) in [7, 11) is 0. The fourth-order valence-electron chi connectivity index (χ4n) is 11.9. The number of fused-ring (bicyclic) bond motifs is 15. The van der Waals surface area contributed by atoms with Crippen molar-refractivity contribution >= 4 is 104 Å². The van der Waals surface area contributed by atoms with E-state index in [0.717, 1.165) is 11.4 Å². The van der Waals surface area contributed by atoms with Crippen LogP contribution >= 0.6 is 23.1 Å². The summed E-state index contributed by atoms with van der Waals surface area (Å²) in [6.07, 6.45) is 0. The van der Waals surface area contributed by atoms with Gasteiger partial charge in [-0.05, 0) is 122 Å². The van der Waals surface area contributed by atoms with Gasteiger partial charge in [-0.3, -0.25) is 0 Å². The van der Waals surface area contributed by atoms with Gasteiger partial charge in [0.1, 0.15) is 0 Å². The monoisotopic (exact) mass is 886 g/mol. The summed E-state index contributed by atoms with van der Waals surface area (Å²) in [5.74, 6) is 0. The molecule has 0 fully saturated rings. The molecule has 1 aliphatic carbocycles. The molecule has 1 unspecified atom stereocenters. The first kappa shape index (κ1) is 37.3. The van der Waals surface area contributed by atoms with Crippen molar-refractivity contribution in [2.24, 2.45) is 0 Å². The second kappa shape index (κ2) is 14.1. The zero-order chi connectivity index (χ0) is 43.8. The molecule has 0 radical (unpaired) electrons. The van der Waals surface area contributed by atoms with Crippen LogP contribution in [0.1, 0.15) is 22.3 Å². The lowest BCUT2D eigenvalue weighted by atomic mass is 9.59. The molecule has 0 saturated carbocycles. The van der Waals surface area contributed by atoms with E-state index in [1.807, 2.05) is 23.1 Å². The first-order chi connectivity index (χ1) is 33.2. The molecule has 0 bridgehead atoms. The first-order valence-electron chi connectivity index (χ1n) is 23.0. The highest BCUT2D eigenvalue weighted by atomic mass is 32.2. The zero-order valence-electron chi connectivity index (χ0n) is 36.2. The van der Waals surface area contributed by atoms with Crippen molar-refractivity contribution in [3.05, 3.63) is 253 Å². The van der Waals surface area contributed by atoms with Crippen LogP contribution in [-0.4, -0.2) is 4.57 Å². The molecule has 3 heterocycles. The molecule has 0 N–H and O–H groups in total. The zero-order valence-corrected chi connectivity index (χ0v) is 37.8. The van der Waals surface area contributed by atoms with Crippen LogP contribution in [-0.2, 0) is 5.41 Å². The summed E-state index contributed by atoms with van der Waals surface area (Å²) in [4.78, 5) is 5.13. The average Bonchev–Trinajstić information content (AvgIpc) is 3.94. The molecule has 1 aliphatic heterocycles. The number of rotatable bonds is 4. The third kappa shape index (κ3) is 5.12. The molecule has 4 heteroatoms. The number of hydrogen-bond donors (Lipinski definition) is 0. The maximum absolute atomic E-state index is 2.55. The first-order valence-corrected chi connectivity index (χ1v) is 24.6. The molecule has 13 aromatic rings. The van der Waals surface area contributed by atoms with Crippen molar-refractivity contribution in [3.8, 4) is 16.8 Å². The van der Waals surface area contributed by atoms with E-state index >= 15 is 0 Å². The Morgan fingerprint density at radius 1 is 0.373 bits per heavy atom. The number of hydrogen-bond acceptors (Lipinski definition) is 3. The van der Waals surface area contributed by atoms with Gasteiger partial charge >= 0.3 is 0 Å². The van der Waals surface area contributed by atoms with Gasteiger partial charge in [-0.25, -0.2) is 0 Å². The number of aromatic nitrogens is 1. The van der Waals surface area contributed by atoms with Crippen molar-refractivity contribution in [2.45, 2.75) is 15.2 Å². The molecule has 15 rings (SSSR count). The topological polar surface area (TPSA) is 8.17 Å². The molecular weight excluding hydrogens is 849 g/mol. The van der Waals surface area contributed by atoms with E-state index in [0.29, 0.717) is 0 Å². The molecule has 67 heavy (non-hydrogen) atoms. The van der Waals surface area contributed by atoms with Crippen molar-refractivity contribution in [2.75, 3.05) is 4.90 Å². The maximum Gasteiger partial charge on any atom is 0.0736 e. The van der Waals surface area contributed by atoms with Gasteiger partial charge < -0.3 is 9.47 Å². The maximum atomic E-state index is 2.55.